The van der Waals surface area contributed by atoms with Gasteiger partial charge in [0.1, 0.15) is 0 Å². The van der Waals surface area contributed by atoms with Gasteiger partial charge < -0.3 is 5.32 Å². The Hall–Kier alpha value is -1.60. The second-order valence-electron chi connectivity index (χ2n) is 5.32. The first-order valence-corrected chi connectivity index (χ1v) is 6.90. The van der Waals surface area contributed by atoms with Crippen molar-refractivity contribution >= 4 is 0 Å². The predicted octanol–water partition coefficient (Wildman–Crippen LogP) is 3.92. The second kappa shape index (κ2) is 6.03. The molecule has 0 saturated heterocycles. The van der Waals surface area contributed by atoms with Crippen LogP contribution in [0.4, 0.5) is 0 Å². The van der Waals surface area contributed by atoms with E-state index in [0.717, 1.165) is 13.0 Å². The van der Waals surface area contributed by atoms with Gasteiger partial charge in [0.05, 0.1) is 0 Å². The standard InChI is InChI=1S/C18H23N/c1-13-8-9-18(15(3)14(13)2)11-16-6-5-7-17(10-16)12-19-4/h5-10,19H,11-12H2,1-4H3. The highest BCUT2D eigenvalue weighted by Gasteiger charge is 2.05. The lowest BCUT2D eigenvalue weighted by Gasteiger charge is -2.12. The van der Waals surface area contributed by atoms with Gasteiger partial charge in [-0.3, -0.25) is 0 Å². The number of hydrogen-bond donors (Lipinski definition) is 1. The lowest BCUT2D eigenvalue weighted by molar-refractivity contribution is 0.816. The Balaban J connectivity index is 2.26. The van der Waals surface area contributed by atoms with E-state index in [4.69, 9.17) is 0 Å². The van der Waals surface area contributed by atoms with Gasteiger partial charge in [0.15, 0.2) is 0 Å². The van der Waals surface area contributed by atoms with Gasteiger partial charge in [-0.25, -0.2) is 0 Å². The molecule has 1 nitrogen and oxygen atoms in total. The molecular formula is C18H23N. The van der Waals surface area contributed by atoms with E-state index in [0.29, 0.717) is 0 Å². The highest BCUT2D eigenvalue weighted by atomic mass is 14.8. The lowest BCUT2D eigenvalue weighted by Crippen LogP contribution is -2.05. The van der Waals surface area contributed by atoms with Gasteiger partial charge >= 0.3 is 0 Å². The largest absolute Gasteiger partial charge is 0.316 e. The fraction of sp³-hybridized carbons (Fsp3) is 0.333. The average Bonchev–Trinajstić information content (AvgIpc) is 2.40. The molecule has 0 unspecified atom stereocenters. The van der Waals surface area contributed by atoms with E-state index in [-0.39, 0.29) is 0 Å². The van der Waals surface area contributed by atoms with Crippen LogP contribution >= 0.6 is 0 Å². The van der Waals surface area contributed by atoms with Crippen molar-refractivity contribution in [2.24, 2.45) is 0 Å². The van der Waals surface area contributed by atoms with Crippen LogP contribution in [-0.2, 0) is 13.0 Å². The van der Waals surface area contributed by atoms with Crippen molar-refractivity contribution in [2.45, 2.75) is 33.7 Å². The molecule has 0 spiro atoms. The van der Waals surface area contributed by atoms with Gasteiger partial charge in [-0.15, -0.1) is 0 Å². The minimum Gasteiger partial charge on any atom is -0.316 e. The molecule has 0 bridgehead atoms. The first kappa shape index (κ1) is 13.8. The Bertz CT molecular complexity index is 570. The normalized spacial score (nSPS) is 10.7. The van der Waals surface area contributed by atoms with Crippen molar-refractivity contribution < 1.29 is 0 Å². The van der Waals surface area contributed by atoms with Gasteiger partial charge in [-0.1, -0.05) is 36.4 Å². The molecule has 0 fully saturated rings. The topological polar surface area (TPSA) is 12.0 Å². The first-order valence-electron chi connectivity index (χ1n) is 6.90. The van der Waals surface area contributed by atoms with Gasteiger partial charge in [0, 0.05) is 6.54 Å². The summed E-state index contributed by atoms with van der Waals surface area (Å²) in [5.41, 5.74) is 8.40. The molecule has 0 aliphatic carbocycles. The van der Waals surface area contributed by atoms with E-state index in [1.165, 1.54) is 33.4 Å². The van der Waals surface area contributed by atoms with Gasteiger partial charge in [0.25, 0.3) is 0 Å². The lowest BCUT2D eigenvalue weighted by atomic mass is 9.94. The van der Waals surface area contributed by atoms with Crippen molar-refractivity contribution in [2.75, 3.05) is 7.05 Å². The van der Waals surface area contributed by atoms with Crippen LogP contribution in [-0.4, -0.2) is 7.05 Å². The average molecular weight is 253 g/mol. The fourth-order valence-electron chi connectivity index (χ4n) is 2.48. The van der Waals surface area contributed by atoms with Crippen LogP contribution in [0.25, 0.3) is 0 Å². The molecule has 0 heterocycles. The number of rotatable bonds is 4. The molecule has 2 aromatic rings. The summed E-state index contributed by atoms with van der Waals surface area (Å²) in [5, 5.41) is 3.20. The molecule has 0 aliphatic heterocycles. The number of aryl methyl sites for hydroxylation is 1. The number of hydrogen-bond acceptors (Lipinski definition) is 1. The molecule has 0 saturated carbocycles. The fourth-order valence-corrected chi connectivity index (χ4v) is 2.48. The summed E-state index contributed by atoms with van der Waals surface area (Å²) in [6.45, 7) is 7.56. The number of benzene rings is 2. The Morgan fingerprint density at radius 3 is 2.37 bits per heavy atom. The third kappa shape index (κ3) is 3.24. The molecular weight excluding hydrogens is 230 g/mol. The van der Waals surface area contributed by atoms with Crippen LogP contribution in [0.15, 0.2) is 36.4 Å². The van der Waals surface area contributed by atoms with E-state index >= 15 is 0 Å². The van der Waals surface area contributed by atoms with Gasteiger partial charge in [0.2, 0.25) is 0 Å². The van der Waals surface area contributed by atoms with Crippen LogP contribution in [0.3, 0.4) is 0 Å². The Morgan fingerprint density at radius 1 is 0.895 bits per heavy atom. The number of nitrogens with one attached hydrogen (secondary N) is 1. The maximum absolute atomic E-state index is 3.20. The molecule has 0 aromatic heterocycles. The summed E-state index contributed by atoms with van der Waals surface area (Å²) in [7, 11) is 1.99. The van der Waals surface area contributed by atoms with Crippen LogP contribution in [0.1, 0.15) is 33.4 Å². The summed E-state index contributed by atoms with van der Waals surface area (Å²) in [4.78, 5) is 0. The van der Waals surface area contributed by atoms with Crippen molar-refractivity contribution in [1.82, 2.24) is 5.32 Å². The van der Waals surface area contributed by atoms with E-state index in [1.54, 1.807) is 0 Å². The third-order valence-corrected chi connectivity index (χ3v) is 3.94. The SMILES string of the molecule is CNCc1cccc(Cc2ccc(C)c(C)c2C)c1. The van der Waals surface area contributed by atoms with Gasteiger partial charge in [-0.05, 0) is 67.6 Å². The van der Waals surface area contributed by atoms with E-state index in [1.807, 2.05) is 7.05 Å². The molecule has 0 aliphatic rings. The molecule has 0 radical (unpaired) electrons. The zero-order chi connectivity index (χ0) is 13.8. The zero-order valence-electron chi connectivity index (χ0n) is 12.4. The Labute approximate surface area is 116 Å². The van der Waals surface area contributed by atoms with E-state index < -0.39 is 0 Å². The van der Waals surface area contributed by atoms with Crippen LogP contribution in [0.2, 0.25) is 0 Å². The smallest absolute Gasteiger partial charge is 0.0202 e. The highest BCUT2D eigenvalue weighted by molar-refractivity contribution is 5.41. The minimum absolute atomic E-state index is 0.930. The van der Waals surface area contributed by atoms with Crippen molar-refractivity contribution in [3.05, 3.63) is 69.8 Å². The maximum Gasteiger partial charge on any atom is 0.0202 e. The molecule has 0 amide bonds. The maximum atomic E-state index is 3.20. The first-order chi connectivity index (χ1) is 9.11. The highest BCUT2D eigenvalue weighted by Crippen LogP contribution is 2.20. The Morgan fingerprint density at radius 2 is 1.63 bits per heavy atom. The van der Waals surface area contributed by atoms with E-state index in [9.17, 15) is 0 Å². The predicted molar refractivity (Wildman–Crippen MR) is 82.7 cm³/mol. The summed E-state index contributed by atoms with van der Waals surface area (Å²) in [5.74, 6) is 0. The monoisotopic (exact) mass is 253 g/mol. The molecule has 100 valence electrons. The quantitative estimate of drug-likeness (QED) is 0.870. The van der Waals surface area contributed by atoms with Crippen LogP contribution < -0.4 is 5.32 Å². The molecule has 1 heteroatoms. The van der Waals surface area contributed by atoms with Crippen molar-refractivity contribution in [1.29, 1.82) is 0 Å². The van der Waals surface area contributed by atoms with Crippen LogP contribution in [0.5, 0.6) is 0 Å². The summed E-state index contributed by atoms with van der Waals surface area (Å²) < 4.78 is 0. The van der Waals surface area contributed by atoms with Crippen LogP contribution in [0, 0.1) is 20.8 Å². The molecule has 0 atom stereocenters. The second-order valence-corrected chi connectivity index (χ2v) is 5.32. The van der Waals surface area contributed by atoms with E-state index in [2.05, 4.69) is 62.5 Å². The molecule has 2 aromatic carbocycles. The summed E-state index contributed by atoms with van der Waals surface area (Å²) >= 11 is 0. The Kier molecular flexibility index (Phi) is 4.39. The van der Waals surface area contributed by atoms with Crippen molar-refractivity contribution in [3.8, 4) is 0 Å². The molecule has 1 N–H and O–H groups in total. The molecule has 19 heavy (non-hydrogen) atoms. The zero-order valence-corrected chi connectivity index (χ0v) is 12.4. The molecule has 2 rings (SSSR count). The summed E-state index contributed by atoms with van der Waals surface area (Å²) in [6.07, 6.45) is 1.02. The summed E-state index contributed by atoms with van der Waals surface area (Å²) in [6, 6.07) is 13.3. The van der Waals surface area contributed by atoms with Crippen molar-refractivity contribution in [3.63, 3.8) is 0 Å². The minimum atomic E-state index is 0.930. The van der Waals surface area contributed by atoms with Gasteiger partial charge in [-0.2, -0.15) is 0 Å². The third-order valence-electron chi connectivity index (χ3n) is 3.94.